The molecule has 2 aliphatic carbocycles. The second-order valence-electron chi connectivity index (χ2n) is 14.6. The maximum absolute atomic E-state index is 10.1. The summed E-state index contributed by atoms with van der Waals surface area (Å²) in [4.78, 5) is 9.63. The Morgan fingerprint density at radius 3 is 1.73 bits per heavy atom. The zero-order valence-electron chi connectivity index (χ0n) is 28.5. The van der Waals surface area contributed by atoms with Crippen LogP contribution in [-0.4, -0.2) is 9.97 Å². The number of nitrogens with zero attached hydrogens (tertiary/aromatic N) is 3. The molecule has 0 aliphatic heterocycles. The first-order chi connectivity index (χ1) is 21.7. The van der Waals surface area contributed by atoms with Crippen molar-refractivity contribution in [1.29, 1.82) is 5.26 Å². The Balaban J connectivity index is 1.16. The lowest BCUT2D eigenvalue weighted by Crippen LogP contribution is -2.25. The molecule has 0 bridgehead atoms. The van der Waals surface area contributed by atoms with Gasteiger partial charge in [-0.2, -0.15) is 5.26 Å². The van der Waals surface area contributed by atoms with E-state index in [-0.39, 0.29) is 5.41 Å². The number of hydrogen-bond acceptors (Lipinski definition) is 3. The molecule has 0 radical (unpaired) electrons. The lowest BCUT2D eigenvalue weighted by molar-refractivity contribution is 0.223. The van der Waals surface area contributed by atoms with Crippen LogP contribution in [-0.2, 0) is 0 Å². The van der Waals surface area contributed by atoms with Gasteiger partial charge in [0.2, 0.25) is 0 Å². The van der Waals surface area contributed by atoms with Crippen molar-refractivity contribution in [3.8, 4) is 17.5 Å². The fraction of sp³-hybridized carbons (Fsp3) is 0.732. The molecule has 2 fully saturated rings. The van der Waals surface area contributed by atoms with E-state index in [2.05, 4.69) is 56.6 Å². The highest BCUT2D eigenvalue weighted by Gasteiger charge is 2.35. The summed E-state index contributed by atoms with van der Waals surface area (Å²) >= 11 is 0. The van der Waals surface area contributed by atoms with Crippen LogP contribution < -0.4 is 0 Å². The molecule has 0 spiro atoms. The molecular formula is C41H63N3. The molecule has 2 aliphatic rings. The molecule has 3 nitrogen and oxygen atoms in total. The quantitative estimate of drug-likeness (QED) is 0.151. The lowest BCUT2D eigenvalue weighted by atomic mass is 9.67. The van der Waals surface area contributed by atoms with Gasteiger partial charge in [0.25, 0.3) is 0 Å². The van der Waals surface area contributed by atoms with Gasteiger partial charge in [-0.1, -0.05) is 134 Å². The normalized spacial score (nSPS) is 23.8. The average molecular weight is 598 g/mol. The van der Waals surface area contributed by atoms with Crippen LogP contribution in [0.1, 0.15) is 191 Å². The van der Waals surface area contributed by atoms with Gasteiger partial charge >= 0.3 is 0 Å². The Bertz CT molecular complexity index is 1070. The van der Waals surface area contributed by atoms with Crippen molar-refractivity contribution < 1.29 is 0 Å². The highest BCUT2D eigenvalue weighted by molar-refractivity contribution is 5.55. The van der Waals surface area contributed by atoms with Gasteiger partial charge < -0.3 is 0 Å². The van der Waals surface area contributed by atoms with E-state index in [9.17, 15) is 5.26 Å². The van der Waals surface area contributed by atoms with Crippen LogP contribution in [0.3, 0.4) is 0 Å². The molecule has 44 heavy (non-hydrogen) atoms. The summed E-state index contributed by atoms with van der Waals surface area (Å²) in [7, 11) is 0. The first kappa shape index (κ1) is 34.7. The van der Waals surface area contributed by atoms with Crippen LogP contribution in [0, 0.1) is 22.7 Å². The smallest absolute Gasteiger partial charge is 0.159 e. The van der Waals surface area contributed by atoms with Crippen molar-refractivity contribution in [2.75, 3.05) is 0 Å². The molecule has 1 heterocycles. The third-order valence-electron chi connectivity index (χ3n) is 11.3. The maximum atomic E-state index is 10.1. The first-order valence-corrected chi connectivity index (χ1v) is 19.0. The van der Waals surface area contributed by atoms with Crippen LogP contribution in [0.4, 0.5) is 0 Å². The van der Waals surface area contributed by atoms with Crippen molar-refractivity contribution in [1.82, 2.24) is 9.97 Å². The van der Waals surface area contributed by atoms with Gasteiger partial charge in [-0.25, -0.2) is 9.97 Å². The zero-order chi connectivity index (χ0) is 30.9. The van der Waals surface area contributed by atoms with Gasteiger partial charge in [0.1, 0.15) is 0 Å². The number of rotatable bonds is 19. The number of unbranched alkanes of at least 4 members (excludes halogenated alkanes) is 12. The SMILES string of the molecule is CCCCCCCCCC1CCC(c2cnc(-c3ccc(C4CCC(C#N)(CCCCCCCCC)CC4)cc3)nc2)CC1. The minimum atomic E-state index is -0.0811. The molecule has 0 saturated heterocycles. The van der Waals surface area contributed by atoms with Gasteiger partial charge in [0.05, 0.1) is 11.5 Å². The van der Waals surface area contributed by atoms with E-state index in [0.29, 0.717) is 11.8 Å². The van der Waals surface area contributed by atoms with E-state index < -0.39 is 0 Å². The second kappa shape index (κ2) is 19.3. The zero-order valence-corrected chi connectivity index (χ0v) is 28.5. The third-order valence-corrected chi connectivity index (χ3v) is 11.3. The summed E-state index contributed by atoms with van der Waals surface area (Å²) in [5, 5.41) is 10.1. The topological polar surface area (TPSA) is 49.6 Å². The van der Waals surface area contributed by atoms with E-state index in [1.807, 2.05) is 0 Å². The molecule has 0 amide bonds. The Kier molecular flexibility index (Phi) is 15.2. The minimum absolute atomic E-state index is 0.0811. The molecule has 3 heteroatoms. The molecule has 1 aromatic heterocycles. The maximum Gasteiger partial charge on any atom is 0.159 e. The average Bonchev–Trinajstić information content (AvgIpc) is 3.08. The predicted molar refractivity (Wildman–Crippen MR) is 187 cm³/mol. The molecule has 2 saturated carbocycles. The molecule has 1 aromatic carbocycles. The molecule has 4 rings (SSSR count). The summed E-state index contributed by atoms with van der Waals surface area (Å²) in [5.74, 6) is 2.99. The van der Waals surface area contributed by atoms with Gasteiger partial charge in [0, 0.05) is 18.0 Å². The Hall–Kier alpha value is -2.21. The lowest BCUT2D eigenvalue weighted by Gasteiger charge is -2.35. The number of nitriles is 1. The first-order valence-electron chi connectivity index (χ1n) is 19.0. The Morgan fingerprint density at radius 2 is 1.16 bits per heavy atom. The van der Waals surface area contributed by atoms with Gasteiger partial charge in [-0.15, -0.1) is 0 Å². The van der Waals surface area contributed by atoms with Crippen molar-refractivity contribution in [3.63, 3.8) is 0 Å². The fourth-order valence-corrected chi connectivity index (χ4v) is 8.12. The molecule has 0 N–H and O–H groups in total. The fourth-order valence-electron chi connectivity index (χ4n) is 8.12. The van der Waals surface area contributed by atoms with E-state index in [1.165, 1.54) is 133 Å². The third kappa shape index (κ3) is 11.0. The Morgan fingerprint density at radius 1 is 0.636 bits per heavy atom. The highest BCUT2D eigenvalue weighted by atomic mass is 14.9. The Labute approximate surface area is 271 Å². The highest BCUT2D eigenvalue weighted by Crippen LogP contribution is 2.46. The molecule has 2 aromatic rings. The van der Waals surface area contributed by atoms with E-state index in [1.54, 1.807) is 0 Å². The van der Waals surface area contributed by atoms with E-state index in [4.69, 9.17) is 9.97 Å². The van der Waals surface area contributed by atoms with E-state index >= 15 is 0 Å². The van der Waals surface area contributed by atoms with Crippen molar-refractivity contribution in [2.24, 2.45) is 11.3 Å². The molecule has 242 valence electrons. The molecule has 0 unspecified atom stereocenters. The number of benzene rings is 1. The van der Waals surface area contributed by atoms with E-state index in [0.717, 1.165) is 49.4 Å². The minimum Gasteiger partial charge on any atom is -0.236 e. The summed E-state index contributed by atoms with van der Waals surface area (Å²) in [6.45, 7) is 4.57. The number of hydrogen-bond donors (Lipinski definition) is 0. The van der Waals surface area contributed by atoms with Crippen LogP contribution in [0.25, 0.3) is 11.4 Å². The summed E-state index contributed by atoms with van der Waals surface area (Å²) < 4.78 is 0. The largest absolute Gasteiger partial charge is 0.236 e. The predicted octanol–water partition coefficient (Wildman–Crippen LogP) is 12.9. The monoisotopic (exact) mass is 598 g/mol. The molecular weight excluding hydrogens is 534 g/mol. The summed E-state index contributed by atoms with van der Waals surface area (Å²) in [5.41, 5.74) is 3.78. The van der Waals surface area contributed by atoms with Crippen LogP contribution in [0.2, 0.25) is 0 Å². The van der Waals surface area contributed by atoms with Gasteiger partial charge in [-0.05, 0) is 86.7 Å². The van der Waals surface area contributed by atoms with Gasteiger partial charge in [-0.3, -0.25) is 0 Å². The van der Waals surface area contributed by atoms with Gasteiger partial charge in [0.15, 0.2) is 5.82 Å². The summed E-state index contributed by atoms with van der Waals surface area (Å²) in [6, 6.07) is 11.8. The summed E-state index contributed by atoms with van der Waals surface area (Å²) in [6.07, 6.45) is 35.6. The van der Waals surface area contributed by atoms with Crippen molar-refractivity contribution in [2.45, 2.75) is 180 Å². The van der Waals surface area contributed by atoms with Crippen LogP contribution in [0.15, 0.2) is 36.7 Å². The van der Waals surface area contributed by atoms with Crippen LogP contribution in [0.5, 0.6) is 0 Å². The number of aromatic nitrogens is 2. The van der Waals surface area contributed by atoms with Crippen molar-refractivity contribution >= 4 is 0 Å². The second-order valence-corrected chi connectivity index (χ2v) is 14.6. The van der Waals surface area contributed by atoms with Crippen molar-refractivity contribution in [3.05, 3.63) is 47.8 Å². The van der Waals surface area contributed by atoms with Crippen LogP contribution >= 0.6 is 0 Å². The molecule has 0 atom stereocenters. The standard InChI is InChI=1S/C41H63N3/c1-3-5-7-9-11-13-15-17-34-18-20-36(21-19-34)39-31-43-40(44-32-39)38-24-22-35(23-25-38)37-26-29-41(33-42,30-27-37)28-16-14-12-10-8-6-4-2/h22-25,31-32,34,36-37H,3-21,26-30H2,1-2H3.